The van der Waals surface area contributed by atoms with E-state index < -0.39 is 6.10 Å². The predicted octanol–water partition coefficient (Wildman–Crippen LogP) is 2.58. The number of hydrogen-bond donors (Lipinski definition) is 2. The van der Waals surface area contributed by atoms with Gasteiger partial charge in [-0.1, -0.05) is 35.5 Å². The number of benzene rings is 1. The van der Waals surface area contributed by atoms with Gasteiger partial charge in [-0.15, -0.1) is 0 Å². The molecular formula is C16H19N3O3. The third-order valence-electron chi connectivity index (χ3n) is 3.78. The second-order valence-electron chi connectivity index (χ2n) is 5.66. The van der Waals surface area contributed by atoms with Crippen LogP contribution in [0.1, 0.15) is 12.8 Å². The van der Waals surface area contributed by atoms with Crippen LogP contribution in [0.4, 0.5) is 10.6 Å². The molecule has 6 nitrogen and oxygen atoms in total. The molecule has 22 heavy (non-hydrogen) atoms. The van der Waals surface area contributed by atoms with Gasteiger partial charge in [-0.3, -0.25) is 5.32 Å². The molecule has 1 aromatic heterocycles. The Morgan fingerprint density at radius 1 is 1.45 bits per heavy atom. The number of aliphatic hydroxyl groups excluding tert-OH is 1. The Labute approximate surface area is 128 Å². The molecule has 0 spiro atoms. The number of aromatic nitrogens is 1. The molecule has 1 fully saturated rings. The number of aliphatic hydroxyl groups is 1. The number of carbonyl (C=O) groups is 1. The van der Waals surface area contributed by atoms with Crippen LogP contribution in [0.3, 0.4) is 0 Å². The van der Waals surface area contributed by atoms with Crippen LogP contribution in [0.5, 0.6) is 0 Å². The van der Waals surface area contributed by atoms with Crippen LogP contribution in [-0.4, -0.2) is 40.9 Å². The van der Waals surface area contributed by atoms with Gasteiger partial charge in [0.2, 0.25) is 0 Å². The lowest BCUT2D eigenvalue weighted by Crippen LogP contribution is -2.38. The highest BCUT2D eigenvalue weighted by molar-refractivity contribution is 5.88. The monoisotopic (exact) mass is 301 g/mol. The Bertz CT molecular complexity index is 637. The Morgan fingerprint density at radius 2 is 2.18 bits per heavy atom. The maximum Gasteiger partial charge on any atom is 0.322 e. The Morgan fingerprint density at radius 3 is 2.86 bits per heavy atom. The average Bonchev–Trinajstić information content (AvgIpc) is 3.28. The summed E-state index contributed by atoms with van der Waals surface area (Å²) in [5, 5.41) is 16.4. The molecule has 1 heterocycles. The van der Waals surface area contributed by atoms with Crippen molar-refractivity contribution < 1.29 is 14.4 Å². The molecule has 0 bridgehead atoms. The van der Waals surface area contributed by atoms with E-state index in [9.17, 15) is 9.90 Å². The Hall–Kier alpha value is -2.34. The number of nitrogens with zero attached hydrogens (tertiary/aromatic N) is 2. The molecule has 3 rings (SSSR count). The van der Waals surface area contributed by atoms with Gasteiger partial charge in [0, 0.05) is 25.2 Å². The first kappa shape index (κ1) is 14.6. The summed E-state index contributed by atoms with van der Waals surface area (Å²) in [5.41, 5.74) is 0.896. The van der Waals surface area contributed by atoms with Crippen molar-refractivity contribution in [2.75, 3.05) is 18.9 Å². The van der Waals surface area contributed by atoms with Crippen LogP contribution < -0.4 is 5.32 Å². The molecule has 1 saturated carbocycles. The summed E-state index contributed by atoms with van der Waals surface area (Å²) < 4.78 is 5.23. The fourth-order valence-electron chi connectivity index (χ4n) is 2.27. The normalized spacial score (nSPS) is 15.4. The van der Waals surface area contributed by atoms with Crippen LogP contribution in [0.25, 0.3) is 11.3 Å². The second kappa shape index (κ2) is 6.19. The van der Waals surface area contributed by atoms with E-state index in [0.29, 0.717) is 24.0 Å². The topological polar surface area (TPSA) is 78.6 Å². The minimum Gasteiger partial charge on any atom is -0.391 e. The van der Waals surface area contributed by atoms with Gasteiger partial charge < -0.3 is 14.5 Å². The van der Waals surface area contributed by atoms with E-state index in [0.717, 1.165) is 18.4 Å². The van der Waals surface area contributed by atoms with Crippen molar-refractivity contribution in [2.24, 2.45) is 5.92 Å². The molecule has 1 atom stereocenters. The van der Waals surface area contributed by atoms with E-state index in [-0.39, 0.29) is 6.03 Å². The Kier molecular flexibility index (Phi) is 4.11. The molecule has 0 radical (unpaired) electrons. The van der Waals surface area contributed by atoms with E-state index in [2.05, 4.69) is 10.5 Å². The standard InChI is InChI=1S/C16H19N3O3/c1-19(10-13(20)11-7-8-11)16(21)17-15-9-14(22-18-15)12-5-3-2-4-6-12/h2-6,9,11,13,20H,7-8,10H2,1H3,(H,17,18,21). The fraction of sp³-hybridized carbons (Fsp3) is 0.375. The fourth-order valence-corrected chi connectivity index (χ4v) is 2.27. The van der Waals surface area contributed by atoms with Crippen LogP contribution in [-0.2, 0) is 0 Å². The largest absolute Gasteiger partial charge is 0.391 e. The van der Waals surface area contributed by atoms with Crippen molar-refractivity contribution >= 4 is 11.8 Å². The van der Waals surface area contributed by atoms with Crippen LogP contribution in [0, 0.1) is 5.92 Å². The highest BCUT2D eigenvalue weighted by Gasteiger charge is 2.31. The number of nitrogens with one attached hydrogen (secondary N) is 1. The zero-order chi connectivity index (χ0) is 15.5. The molecule has 1 unspecified atom stereocenters. The maximum atomic E-state index is 12.1. The minimum absolute atomic E-state index is 0.312. The first-order valence-corrected chi connectivity index (χ1v) is 7.36. The van der Waals surface area contributed by atoms with Gasteiger partial charge in [0.1, 0.15) is 0 Å². The quantitative estimate of drug-likeness (QED) is 0.889. The number of amides is 2. The van der Waals surface area contributed by atoms with Gasteiger partial charge >= 0.3 is 6.03 Å². The first-order valence-electron chi connectivity index (χ1n) is 7.36. The van der Waals surface area contributed by atoms with E-state index >= 15 is 0 Å². The number of urea groups is 1. The van der Waals surface area contributed by atoms with Crippen molar-refractivity contribution in [1.82, 2.24) is 10.1 Å². The summed E-state index contributed by atoms with van der Waals surface area (Å²) in [4.78, 5) is 13.5. The van der Waals surface area contributed by atoms with E-state index in [1.807, 2.05) is 30.3 Å². The van der Waals surface area contributed by atoms with E-state index in [4.69, 9.17) is 4.52 Å². The maximum absolute atomic E-state index is 12.1. The smallest absolute Gasteiger partial charge is 0.322 e. The molecule has 1 aliphatic rings. The first-order chi connectivity index (χ1) is 10.6. The number of rotatable bonds is 5. The summed E-state index contributed by atoms with van der Waals surface area (Å²) >= 11 is 0. The lowest BCUT2D eigenvalue weighted by Gasteiger charge is -2.20. The summed E-state index contributed by atoms with van der Waals surface area (Å²) in [6.07, 6.45) is 1.63. The van der Waals surface area contributed by atoms with Crippen LogP contribution >= 0.6 is 0 Å². The van der Waals surface area contributed by atoms with Gasteiger partial charge in [0.15, 0.2) is 11.6 Å². The van der Waals surface area contributed by atoms with Crippen molar-refractivity contribution in [1.29, 1.82) is 0 Å². The molecule has 2 amide bonds. The SMILES string of the molecule is CN(CC(O)C1CC1)C(=O)Nc1cc(-c2ccccc2)on1. The highest BCUT2D eigenvalue weighted by atomic mass is 16.5. The summed E-state index contributed by atoms with van der Waals surface area (Å²) in [7, 11) is 1.65. The van der Waals surface area contributed by atoms with E-state index in [1.165, 1.54) is 4.90 Å². The number of hydrogen-bond acceptors (Lipinski definition) is 4. The summed E-state index contributed by atoms with van der Waals surface area (Å²) in [5.74, 6) is 1.29. The average molecular weight is 301 g/mol. The van der Waals surface area contributed by atoms with Gasteiger partial charge in [0.05, 0.1) is 6.10 Å². The number of carbonyl (C=O) groups excluding carboxylic acids is 1. The number of anilines is 1. The van der Waals surface area contributed by atoms with Crippen molar-refractivity contribution in [3.05, 3.63) is 36.4 Å². The van der Waals surface area contributed by atoms with E-state index in [1.54, 1.807) is 13.1 Å². The lowest BCUT2D eigenvalue weighted by molar-refractivity contribution is 0.117. The molecule has 0 saturated heterocycles. The zero-order valence-corrected chi connectivity index (χ0v) is 12.4. The number of likely N-dealkylation sites (N-methyl/N-ethyl adjacent to an activating group) is 1. The lowest BCUT2D eigenvalue weighted by atomic mass is 10.2. The third kappa shape index (κ3) is 3.46. The highest BCUT2D eigenvalue weighted by Crippen LogP contribution is 2.32. The van der Waals surface area contributed by atoms with Crippen LogP contribution in [0.2, 0.25) is 0 Å². The molecular weight excluding hydrogens is 282 g/mol. The van der Waals surface area contributed by atoms with Crippen molar-refractivity contribution in [3.63, 3.8) is 0 Å². The molecule has 116 valence electrons. The molecule has 2 aromatic rings. The second-order valence-corrected chi connectivity index (χ2v) is 5.66. The van der Waals surface area contributed by atoms with Crippen molar-refractivity contribution in [2.45, 2.75) is 18.9 Å². The molecule has 1 aromatic carbocycles. The van der Waals surface area contributed by atoms with Gasteiger partial charge in [-0.2, -0.15) is 0 Å². The van der Waals surface area contributed by atoms with Gasteiger partial charge in [0.25, 0.3) is 0 Å². The summed E-state index contributed by atoms with van der Waals surface area (Å²) in [6.45, 7) is 0.319. The van der Waals surface area contributed by atoms with Crippen LogP contribution in [0.15, 0.2) is 40.9 Å². The van der Waals surface area contributed by atoms with Crippen molar-refractivity contribution in [3.8, 4) is 11.3 Å². The zero-order valence-electron chi connectivity index (χ0n) is 12.4. The van der Waals surface area contributed by atoms with Gasteiger partial charge in [-0.25, -0.2) is 4.79 Å². The van der Waals surface area contributed by atoms with Gasteiger partial charge in [-0.05, 0) is 18.8 Å². The predicted molar refractivity (Wildman–Crippen MR) is 82.3 cm³/mol. The minimum atomic E-state index is -0.451. The molecule has 6 heteroatoms. The molecule has 1 aliphatic carbocycles. The summed E-state index contributed by atoms with van der Waals surface area (Å²) in [6, 6.07) is 10.9. The molecule has 2 N–H and O–H groups in total. The Balaban J connectivity index is 1.58. The third-order valence-corrected chi connectivity index (χ3v) is 3.78. The molecule has 0 aliphatic heterocycles.